The highest BCUT2D eigenvalue weighted by molar-refractivity contribution is 5.74. The number of aromatic nitrogens is 5. The molecule has 5 rings (SSSR count). The Morgan fingerprint density at radius 2 is 2.06 bits per heavy atom. The van der Waals surface area contributed by atoms with E-state index in [9.17, 15) is 14.4 Å². The van der Waals surface area contributed by atoms with Crippen LogP contribution in [0.4, 0.5) is 10.2 Å². The minimum atomic E-state index is -0.609. The van der Waals surface area contributed by atoms with Crippen LogP contribution in [0.5, 0.6) is 5.75 Å². The van der Waals surface area contributed by atoms with E-state index >= 15 is 0 Å². The summed E-state index contributed by atoms with van der Waals surface area (Å²) in [5.74, 6) is 0.0488. The summed E-state index contributed by atoms with van der Waals surface area (Å²) >= 11 is 0. The van der Waals surface area contributed by atoms with E-state index in [2.05, 4.69) is 16.2 Å². The Hall–Kier alpha value is -4.39. The van der Waals surface area contributed by atoms with Gasteiger partial charge in [-0.2, -0.15) is 10.4 Å². The van der Waals surface area contributed by atoms with Gasteiger partial charge in [0.25, 0.3) is 5.56 Å². The van der Waals surface area contributed by atoms with Gasteiger partial charge >= 0.3 is 0 Å². The SMILES string of the molecule is CC1Oc2cc(cnc2N)-c2c(nn(C)c2C#N)Cn2c(cc(=O)n2C)-c2ccc(F)cc21. The van der Waals surface area contributed by atoms with Gasteiger partial charge in [0.05, 0.1) is 17.9 Å². The lowest BCUT2D eigenvalue weighted by Gasteiger charge is -2.22. The van der Waals surface area contributed by atoms with Crippen molar-refractivity contribution in [1.82, 2.24) is 24.1 Å². The molecule has 1 aliphatic heterocycles. The summed E-state index contributed by atoms with van der Waals surface area (Å²) < 4.78 is 25.1. The van der Waals surface area contributed by atoms with Crippen LogP contribution in [-0.2, 0) is 20.6 Å². The number of nitrogens with two attached hydrogens (primary N) is 1. The number of ether oxygens (including phenoxy) is 1. The molecule has 1 aliphatic rings. The number of halogens is 1. The largest absolute Gasteiger partial charge is 0.482 e. The van der Waals surface area contributed by atoms with Crippen LogP contribution in [0, 0.1) is 17.1 Å². The highest BCUT2D eigenvalue weighted by Crippen LogP contribution is 2.37. The van der Waals surface area contributed by atoms with Crippen molar-refractivity contribution in [2.75, 3.05) is 5.73 Å². The summed E-state index contributed by atoms with van der Waals surface area (Å²) in [7, 11) is 3.33. The molecule has 0 fully saturated rings. The normalized spacial score (nSPS) is 14.7. The fraction of sp³-hybridized carbons (Fsp3) is 0.217. The molecule has 3 aromatic heterocycles. The number of fused-ring (bicyclic) bond motifs is 7. The molecular formula is C23H20FN7O2. The molecule has 0 radical (unpaired) electrons. The zero-order chi connectivity index (χ0) is 23.4. The Balaban J connectivity index is 1.88. The average molecular weight is 445 g/mol. The van der Waals surface area contributed by atoms with E-state index in [0.717, 1.165) is 0 Å². The summed E-state index contributed by atoms with van der Waals surface area (Å²) in [4.78, 5) is 16.9. The van der Waals surface area contributed by atoms with Crippen LogP contribution >= 0.6 is 0 Å². The smallest absolute Gasteiger partial charge is 0.267 e. The fourth-order valence-electron chi connectivity index (χ4n) is 4.28. The Morgan fingerprint density at radius 1 is 1.27 bits per heavy atom. The fourth-order valence-corrected chi connectivity index (χ4v) is 4.28. The number of pyridine rings is 1. The lowest BCUT2D eigenvalue weighted by Crippen LogP contribution is -2.20. The van der Waals surface area contributed by atoms with Crippen LogP contribution in [0.3, 0.4) is 0 Å². The van der Waals surface area contributed by atoms with Gasteiger partial charge in [-0.15, -0.1) is 0 Å². The predicted octanol–water partition coefficient (Wildman–Crippen LogP) is 2.74. The van der Waals surface area contributed by atoms with Gasteiger partial charge in [-0.3, -0.25) is 18.8 Å². The summed E-state index contributed by atoms with van der Waals surface area (Å²) in [6.07, 6.45) is 0.950. The zero-order valence-corrected chi connectivity index (χ0v) is 18.2. The first-order valence-corrected chi connectivity index (χ1v) is 10.2. The van der Waals surface area contributed by atoms with Gasteiger partial charge in [0.1, 0.15) is 23.7 Å². The average Bonchev–Trinajstić information content (AvgIpc) is 3.25. The van der Waals surface area contributed by atoms with Crippen molar-refractivity contribution in [1.29, 1.82) is 5.26 Å². The highest BCUT2D eigenvalue weighted by Gasteiger charge is 2.25. The molecule has 166 valence electrons. The van der Waals surface area contributed by atoms with Crippen LogP contribution in [-0.4, -0.2) is 24.1 Å². The van der Waals surface area contributed by atoms with Crippen molar-refractivity contribution < 1.29 is 9.13 Å². The lowest BCUT2D eigenvalue weighted by molar-refractivity contribution is 0.227. The highest BCUT2D eigenvalue weighted by atomic mass is 19.1. The van der Waals surface area contributed by atoms with E-state index in [0.29, 0.717) is 45.1 Å². The second kappa shape index (κ2) is 7.34. The molecule has 4 aromatic rings. The molecular weight excluding hydrogens is 425 g/mol. The number of nitrogens with zero attached hydrogens (tertiary/aromatic N) is 6. The minimum absolute atomic E-state index is 0.168. The Labute approximate surface area is 188 Å². The zero-order valence-electron chi connectivity index (χ0n) is 18.2. The van der Waals surface area contributed by atoms with Gasteiger partial charge in [0.2, 0.25) is 0 Å². The number of benzene rings is 1. The molecule has 1 atom stereocenters. The monoisotopic (exact) mass is 445 g/mol. The van der Waals surface area contributed by atoms with Crippen molar-refractivity contribution in [2.45, 2.75) is 19.6 Å². The molecule has 2 bridgehead atoms. The van der Waals surface area contributed by atoms with Crippen LogP contribution in [0.1, 0.15) is 30.0 Å². The quantitative estimate of drug-likeness (QED) is 0.445. The van der Waals surface area contributed by atoms with Gasteiger partial charge in [-0.05, 0) is 31.2 Å². The molecule has 1 aromatic carbocycles. The van der Waals surface area contributed by atoms with Gasteiger partial charge in [0.15, 0.2) is 11.6 Å². The summed E-state index contributed by atoms with van der Waals surface area (Å²) in [6, 6.07) is 9.76. The lowest BCUT2D eigenvalue weighted by atomic mass is 9.99. The first-order valence-electron chi connectivity index (χ1n) is 10.2. The first-order chi connectivity index (χ1) is 15.8. The molecule has 9 nitrogen and oxygen atoms in total. The minimum Gasteiger partial charge on any atom is -0.482 e. The van der Waals surface area contributed by atoms with Crippen molar-refractivity contribution in [2.24, 2.45) is 14.1 Å². The van der Waals surface area contributed by atoms with Crippen molar-refractivity contribution in [3.8, 4) is 34.2 Å². The molecule has 2 N–H and O–H groups in total. The molecule has 10 heteroatoms. The number of aryl methyl sites for hydroxylation is 1. The number of nitriles is 1. The Kier molecular flexibility index (Phi) is 4.56. The van der Waals surface area contributed by atoms with E-state index in [1.165, 1.54) is 27.6 Å². The van der Waals surface area contributed by atoms with Crippen LogP contribution < -0.4 is 16.0 Å². The van der Waals surface area contributed by atoms with Crippen LogP contribution in [0.15, 0.2) is 41.3 Å². The molecule has 1 unspecified atom stereocenters. The maximum Gasteiger partial charge on any atom is 0.267 e. The topological polar surface area (TPSA) is 117 Å². The van der Waals surface area contributed by atoms with E-state index in [4.69, 9.17) is 10.5 Å². The maximum absolute atomic E-state index is 14.3. The Bertz CT molecular complexity index is 1520. The van der Waals surface area contributed by atoms with E-state index < -0.39 is 11.9 Å². The predicted molar refractivity (Wildman–Crippen MR) is 119 cm³/mol. The molecule has 0 aliphatic carbocycles. The first kappa shape index (κ1) is 20.5. The maximum atomic E-state index is 14.3. The van der Waals surface area contributed by atoms with Crippen LogP contribution in [0.2, 0.25) is 0 Å². The summed E-state index contributed by atoms with van der Waals surface area (Å²) in [5, 5.41) is 14.4. The Morgan fingerprint density at radius 3 is 2.82 bits per heavy atom. The summed E-state index contributed by atoms with van der Waals surface area (Å²) in [6.45, 7) is 1.97. The summed E-state index contributed by atoms with van der Waals surface area (Å²) in [5.41, 5.74) is 9.72. The van der Waals surface area contributed by atoms with E-state index in [-0.39, 0.29) is 17.9 Å². The van der Waals surface area contributed by atoms with Gasteiger partial charge < -0.3 is 10.5 Å². The number of hydrogen-bond acceptors (Lipinski definition) is 6. The van der Waals surface area contributed by atoms with Gasteiger partial charge in [-0.25, -0.2) is 9.37 Å². The number of nitrogen functional groups attached to an aromatic ring is 1. The van der Waals surface area contributed by atoms with Gasteiger partial charge in [-0.1, -0.05) is 0 Å². The number of rotatable bonds is 0. The molecule has 0 saturated heterocycles. The second-order valence-electron chi connectivity index (χ2n) is 7.95. The van der Waals surface area contributed by atoms with E-state index in [1.807, 2.05) is 0 Å². The van der Waals surface area contributed by atoms with Crippen molar-refractivity contribution >= 4 is 5.82 Å². The second-order valence-corrected chi connectivity index (χ2v) is 7.95. The third-order valence-electron chi connectivity index (χ3n) is 5.95. The van der Waals surface area contributed by atoms with Crippen molar-refractivity contribution in [3.05, 3.63) is 69.7 Å². The standard InChI is InChI=1S/C23H20FN7O2/c1-12-16-7-14(24)4-5-15(16)18-8-21(32)30(3)31(18)11-17-22(19(9-25)29(2)28-17)13-6-20(33-12)23(26)27-10-13/h4-8,10,12H,11H2,1-3H3,(H2,26,27). The van der Waals surface area contributed by atoms with Crippen molar-refractivity contribution in [3.63, 3.8) is 0 Å². The number of anilines is 1. The molecule has 4 heterocycles. The molecule has 0 saturated carbocycles. The molecule has 33 heavy (non-hydrogen) atoms. The van der Waals surface area contributed by atoms with Gasteiger partial charge in [0, 0.05) is 48.6 Å². The van der Waals surface area contributed by atoms with Crippen LogP contribution in [0.25, 0.3) is 22.4 Å². The van der Waals surface area contributed by atoms with E-state index in [1.54, 1.807) is 44.0 Å². The number of hydrogen-bond donors (Lipinski definition) is 1. The third kappa shape index (κ3) is 3.17. The third-order valence-corrected chi connectivity index (χ3v) is 5.95. The molecule has 0 amide bonds. The molecule has 0 spiro atoms.